The van der Waals surface area contributed by atoms with E-state index in [0.29, 0.717) is 53.2 Å². The van der Waals surface area contributed by atoms with Gasteiger partial charge >= 0.3 is 5.63 Å². The quantitative estimate of drug-likeness (QED) is 0.329. The lowest BCUT2D eigenvalue weighted by Gasteiger charge is -2.30. The van der Waals surface area contributed by atoms with E-state index < -0.39 is 0 Å². The predicted octanol–water partition coefficient (Wildman–Crippen LogP) is 6.35. The lowest BCUT2D eigenvalue weighted by molar-refractivity contribution is 0.0891. The first-order valence-corrected chi connectivity index (χ1v) is 11.2. The third-order valence-electron chi connectivity index (χ3n) is 5.93. The number of benzene rings is 3. The zero-order chi connectivity index (χ0) is 22.2. The largest absolute Gasteiger partial charge is 0.476 e. The Morgan fingerprint density at radius 3 is 2.53 bits per heavy atom. The van der Waals surface area contributed by atoms with Gasteiger partial charge in [-0.3, -0.25) is 4.90 Å². The van der Waals surface area contributed by atoms with Crippen LogP contribution >= 0.6 is 23.2 Å². The molecule has 0 saturated carbocycles. The fraction of sp³-hybridized carbons (Fsp3) is 0.192. The van der Waals surface area contributed by atoms with E-state index in [1.54, 1.807) is 0 Å². The molecular weight excluding hydrogens is 445 g/mol. The summed E-state index contributed by atoms with van der Waals surface area (Å²) >= 11 is 12.9. The maximum absolute atomic E-state index is 13.0. The number of halogens is 2. The van der Waals surface area contributed by atoms with E-state index in [4.69, 9.17) is 32.4 Å². The summed E-state index contributed by atoms with van der Waals surface area (Å²) in [5, 5.41) is 2.07. The van der Waals surface area contributed by atoms with E-state index in [1.165, 1.54) is 0 Å². The van der Waals surface area contributed by atoms with E-state index in [9.17, 15) is 4.79 Å². The van der Waals surface area contributed by atoms with Crippen molar-refractivity contribution in [2.75, 3.05) is 6.73 Å². The van der Waals surface area contributed by atoms with Crippen LogP contribution in [0.15, 0.2) is 69.9 Å². The number of nitrogens with zero attached hydrogens (tertiary/aromatic N) is 1. The molecule has 0 amide bonds. The van der Waals surface area contributed by atoms with Crippen molar-refractivity contribution in [3.63, 3.8) is 0 Å². The van der Waals surface area contributed by atoms with Crippen LogP contribution in [-0.2, 0) is 19.5 Å². The summed E-state index contributed by atoms with van der Waals surface area (Å²) in [6, 6.07) is 19.5. The van der Waals surface area contributed by atoms with Gasteiger partial charge in [0.1, 0.15) is 18.1 Å². The van der Waals surface area contributed by atoms with Gasteiger partial charge in [-0.1, -0.05) is 71.7 Å². The van der Waals surface area contributed by atoms with Crippen LogP contribution in [-0.4, -0.2) is 11.6 Å². The Labute approximate surface area is 195 Å². The van der Waals surface area contributed by atoms with Crippen molar-refractivity contribution in [2.45, 2.75) is 26.4 Å². The molecule has 0 unspecified atom stereocenters. The fourth-order valence-electron chi connectivity index (χ4n) is 4.23. The van der Waals surface area contributed by atoms with E-state index in [1.807, 2.05) is 67.6 Å². The molecule has 0 atom stereocenters. The molecular formula is C26H21Cl2NO3. The van der Waals surface area contributed by atoms with E-state index >= 15 is 0 Å². The smallest absolute Gasteiger partial charge is 0.340 e. The van der Waals surface area contributed by atoms with Crippen LogP contribution in [0.25, 0.3) is 11.0 Å². The number of hydrogen-bond donors (Lipinski definition) is 0. The van der Waals surface area contributed by atoms with Crippen LogP contribution in [0.5, 0.6) is 5.75 Å². The van der Waals surface area contributed by atoms with Gasteiger partial charge in [0.05, 0.1) is 10.6 Å². The third-order valence-corrected chi connectivity index (χ3v) is 6.58. The summed E-state index contributed by atoms with van der Waals surface area (Å²) in [7, 11) is 0. The van der Waals surface area contributed by atoms with Crippen molar-refractivity contribution < 1.29 is 9.15 Å². The molecule has 3 aromatic carbocycles. The molecule has 4 nitrogen and oxygen atoms in total. The van der Waals surface area contributed by atoms with Gasteiger partial charge in [0.15, 0.2) is 0 Å². The van der Waals surface area contributed by atoms with Crippen LogP contribution in [0, 0.1) is 6.92 Å². The highest BCUT2D eigenvalue weighted by Crippen LogP contribution is 2.40. The number of rotatable bonds is 4. The molecule has 0 fully saturated rings. The minimum atomic E-state index is -0.327. The van der Waals surface area contributed by atoms with Crippen LogP contribution < -0.4 is 10.4 Å². The number of hydrogen-bond acceptors (Lipinski definition) is 4. The summed E-state index contributed by atoms with van der Waals surface area (Å²) in [5.41, 5.74) is 4.59. The summed E-state index contributed by atoms with van der Waals surface area (Å²) in [6.45, 7) is 3.48. The van der Waals surface area contributed by atoms with Gasteiger partial charge in [0.2, 0.25) is 0 Å². The first-order chi connectivity index (χ1) is 15.5. The van der Waals surface area contributed by atoms with Gasteiger partial charge in [-0.05, 0) is 35.7 Å². The van der Waals surface area contributed by atoms with Gasteiger partial charge in [-0.2, -0.15) is 0 Å². The van der Waals surface area contributed by atoms with E-state index in [0.717, 1.165) is 27.6 Å². The minimum Gasteiger partial charge on any atom is -0.476 e. The average molecular weight is 466 g/mol. The molecule has 5 rings (SSSR count). The lowest BCUT2D eigenvalue weighted by atomic mass is 9.97. The summed E-state index contributed by atoms with van der Waals surface area (Å²) in [6.07, 6.45) is 0.509. The zero-order valence-electron chi connectivity index (χ0n) is 17.5. The molecule has 1 aliphatic heterocycles. The Morgan fingerprint density at radius 2 is 1.75 bits per heavy atom. The minimum absolute atomic E-state index is 0.327. The molecule has 0 aliphatic carbocycles. The highest BCUT2D eigenvalue weighted by atomic mass is 35.5. The van der Waals surface area contributed by atoms with Crippen LogP contribution in [0.1, 0.15) is 27.8 Å². The van der Waals surface area contributed by atoms with Gasteiger partial charge in [0, 0.05) is 35.5 Å². The number of fused-ring (bicyclic) bond motifs is 3. The topological polar surface area (TPSA) is 42.7 Å². The maximum atomic E-state index is 13.0. The normalized spacial score (nSPS) is 13.7. The highest BCUT2D eigenvalue weighted by Gasteiger charge is 2.26. The third kappa shape index (κ3) is 3.90. The SMILES string of the molecule is Cc1c(Cc2ccccc2)c(=O)oc2c3c(c(Cl)cc12)OCN(Cc1ccccc1Cl)C3. The Bertz CT molecular complexity index is 1370. The Kier molecular flexibility index (Phi) is 5.68. The summed E-state index contributed by atoms with van der Waals surface area (Å²) in [5.74, 6) is 0.577. The summed E-state index contributed by atoms with van der Waals surface area (Å²) < 4.78 is 11.9. The molecule has 1 aromatic heterocycles. The Hall–Kier alpha value is -2.79. The predicted molar refractivity (Wildman–Crippen MR) is 128 cm³/mol. The molecule has 162 valence electrons. The molecule has 0 spiro atoms. The van der Waals surface area contributed by atoms with Crippen molar-refractivity contribution in [2.24, 2.45) is 0 Å². The number of aryl methyl sites for hydroxylation is 1. The van der Waals surface area contributed by atoms with Crippen LogP contribution in [0.3, 0.4) is 0 Å². The monoisotopic (exact) mass is 465 g/mol. The Balaban J connectivity index is 1.56. The number of ether oxygens (including phenoxy) is 1. The van der Waals surface area contributed by atoms with Crippen molar-refractivity contribution in [1.29, 1.82) is 0 Å². The highest BCUT2D eigenvalue weighted by molar-refractivity contribution is 6.33. The first-order valence-electron chi connectivity index (χ1n) is 10.4. The van der Waals surface area contributed by atoms with E-state index in [2.05, 4.69) is 4.90 Å². The lowest BCUT2D eigenvalue weighted by Crippen LogP contribution is -2.32. The second-order valence-corrected chi connectivity index (χ2v) is 8.86. The molecule has 0 saturated heterocycles. The standard InChI is InChI=1S/C26H21Cl2NO3/c1-16-19-12-23(28)25-21(14-29(15-31-25)13-18-9-5-6-10-22(18)27)24(19)32-26(30)20(16)11-17-7-3-2-4-8-17/h2-10,12H,11,13-15H2,1H3. The van der Waals surface area contributed by atoms with E-state index in [-0.39, 0.29) is 5.63 Å². The molecule has 4 aromatic rings. The van der Waals surface area contributed by atoms with Crippen molar-refractivity contribution in [3.8, 4) is 5.75 Å². The molecule has 1 aliphatic rings. The van der Waals surface area contributed by atoms with Gasteiger partial charge in [-0.15, -0.1) is 0 Å². The van der Waals surface area contributed by atoms with Gasteiger partial charge in [0.25, 0.3) is 0 Å². The van der Waals surface area contributed by atoms with Crippen molar-refractivity contribution >= 4 is 34.2 Å². The molecule has 6 heteroatoms. The summed E-state index contributed by atoms with van der Waals surface area (Å²) in [4.78, 5) is 15.1. The van der Waals surface area contributed by atoms with Crippen molar-refractivity contribution in [3.05, 3.63) is 109 Å². The van der Waals surface area contributed by atoms with Crippen LogP contribution in [0.2, 0.25) is 10.0 Å². The van der Waals surface area contributed by atoms with Gasteiger partial charge < -0.3 is 9.15 Å². The zero-order valence-corrected chi connectivity index (χ0v) is 19.0. The maximum Gasteiger partial charge on any atom is 0.340 e. The molecule has 0 N–H and O–H groups in total. The first kappa shape index (κ1) is 21.1. The molecule has 32 heavy (non-hydrogen) atoms. The van der Waals surface area contributed by atoms with Crippen molar-refractivity contribution in [1.82, 2.24) is 4.90 Å². The second kappa shape index (κ2) is 8.62. The molecule has 2 heterocycles. The van der Waals surface area contributed by atoms with Crippen LogP contribution in [0.4, 0.5) is 0 Å². The van der Waals surface area contributed by atoms with Gasteiger partial charge in [-0.25, -0.2) is 4.79 Å². The molecule has 0 bridgehead atoms. The fourth-order valence-corrected chi connectivity index (χ4v) is 4.70. The Morgan fingerprint density at radius 1 is 1.00 bits per heavy atom. The average Bonchev–Trinajstić information content (AvgIpc) is 2.80. The second-order valence-electron chi connectivity index (χ2n) is 8.05. The molecule has 0 radical (unpaired) electrons.